The van der Waals surface area contributed by atoms with Gasteiger partial charge in [-0.1, -0.05) is 27.7 Å². The maximum Gasteiger partial charge on any atom is 0.165 e. The molecule has 3 rings (SSSR count). The van der Waals surface area contributed by atoms with Crippen LogP contribution in [-0.2, 0) is 11.1 Å². The second-order valence-electron chi connectivity index (χ2n) is 7.80. The number of nitrogens with zero attached hydrogens (tertiary/aromatic N) is 4. The lowest BCUT2D eigenvalue weighted by Crippen LogP contribution is -2.11. The molecule has 3 aromatic rings. The van der Waals surface area contributed by atoms with E-state index in [0.717, 1.165) is 59.7 Å². The number of hydrogen-bond acceptors (Lipinski definition) is 5. The average Bonchev–Trinajstić information content (AvgIpc) is 3.12. The van der Waals surface area contributed by atoms with Crippen molar-refractivity contribution in [2.45, 2.75) is 59.9 Å². The lowest BCUT2D eigenvalue weighted by atomic mass is 10.2. The van der Waals surface area contributed by atoms with Crippen molar-refractivity contribution in [3.8, 4) is 0 Å². The molecule has 0 saturated carbocycles. The number of hydrogen-bond donors (Lipinski definition) is 1. The van der Waals surface area contributed by atoms with Crippen LogP contribution >= 0.6 is 7.14 Å². The van der Waals surface area contributed by atoms with Crippen molar-refractivity contribution < 1.29 is 4.57 Å². The van der Waals surface area contributed by atoms with Gasteiger partial charge >= 0.3 is 0 Å². The maximum atomic E-state index is 13.4. The fourth-order valence-corrected chi connectivity index (χ4v) is 6.46. The molecule has 0 aliphatic carbocycles. The normalized spacial score (nSPS) is 12.1. The summed E-state index contributed by atoms with van der Waals surface area (Å²) in [7, 11) is -2.30. The van der Waals surface area contributed by atoms with E-state index < -0.39 is 7.14 Å². The van der Waals surface area contributed by atoms with Gasteiger partial charge in [-0.05, 0) is 44.0 Å². The number of rotatable bonds is 9. The predicted molar refractivity (Wildman–Crippen MR) is 122 cm³/mol. The summed E-state index contributed by atoms with van der Waals surface area (Å²) in [4.78, 5) is 14.0. The monoisotopic (exact) mass is 413 g/mol. The van der Waals surface area contributed by atoms with Gasteiger partial charge in [0.05, 0.1) is 6.33 Å². The lowest BCUT2D eigenvalue weighted by Gasteiger charge is -2.18. The zero-order valence-electron chi connectivity index (χ0n) is 18.1. The highest BCUT2D eigenvalue weighted by molar-refractivity contribution is 7.71. The van der Waals surface area contributed by atoms with Gasteiger partial charge in [-0.15, -0.1) is 0 Å². The van der Waals surface area contributed by atoms with E-state index in [-0.39, 0.29) is 5.92 Å². The molecule has 0 saturated heterocycles. The van der Waals surface area contributed by atoms with Crippen molar-refractivity contribution in [3.05, 3.63) is 36.4 Å². The first-order valence-electron chi connectivity index (χ1n) is 10.6. The second-order valence-corrected chi connectivity index (χ2v) is 11.0. The molecule has 156 valence electrons. The molecule has 0 fully saturated rings. The zero-order chi connectivity index (χ0) is 21.0. The Hall–Kier alpha value is -2.20. The Morgan fingerprint density at radius 1 is 1.03 bits per heavy atom. The molecule has 2 heterocycles. The molecule has 7 heteroatoms. The largest absolute Gasteiger partial charge is 0.338 e. The van der Waals surface area contributed by atoms with Gasteiger partial charge in [0.1, 0.15) is 13.0 Å². The van der Waals surface area contributed by atoms with Gasteiger partial charge < -0.3 is 14.4 Å². The maximum absolute atomic E-state index is 13.4. The molecule has 6 nitrogen and oxygen atoms in total. The minimum Gasteiger partial charge on any atom is -0.338 e. The molecule has 0 spiro atoms. The molecule has 2 aromatic heterocycles. The SMILES string of the molecule is CCCP(=O)(CCC)c1ccc(Nc2nc(C(C)C)nc3c2ncn3CC)cc1. The van der Waals surface area contributed by atoms with Crippen LogP contribution in [0.3, 0.4) is 0 Å². The van der Waals surface area contributed by atoms with Crippen molar-refractivity contribution in [2.75, 3.05) is 17.6 Å². The molecule has 0 aliphatic rings. The number of benzene rings is 1. The standard InChI is InChI=1S/C22H32N5OP/c1-6-13-29(28,14-7-2)18-11-9-17(10-12-18)24-21-19-22(27(8-3)15-23-19)26-20(25-21)16(4)5/h9-12,15-16H,6-8,13-14H2,1-5H3,(H,24,25,26). The van der Waals surface area contributed by atoms with Crippen molar-refractivity contribution in [2.24, 2.45) is 0 Å². The molecule has 0 radical (unpaired) electrons. The van der Waals surface area contributed by atoms with Crippen LogP contribution < -0.4 is 10.6 Å². The van der Waals surface area contributed by atoms with Crippen molar-refractivity contribution in [1.82, 2.24) is 19.5 Å². The fourth-order valence-electron chi connectivity index (χ4n) is 3.58. The number of anilines is 2. The molecule has 0 amide bonds. The van der Waals surface area contributed by atoms with Gasteiger partial charge in [-0.25, -0.2) is 15.0 Å². The molecule has 0 atom stereocenters. The van der Waals surface area contributed by atoms with Gasteiger partial charge in [-0.3, -0.25) is 0 Å². The van der Waals surface area contributed by atoms with Crippen LogP contribution in [0.4, 0.5) is 11.5 Å². The van der Waals surface area contributed by atoms with Crippen LogP contribution in [0.5, 0.6) is 0 Å². The molecule has 0 unspecified atom stereocenters. The molecule has 0 bridgehead atoms. The van der Waals surface area contributed by atoms with Crippen LogP contribution in [0.2, 0.25) is 0 Å². The predicted octanol–water partition coefficient (Wildman–Crippen LogP) is 5.52. The van der Waals surface area contributed by atoms with E-state index in [2.05, 4.69) is 44.9 Å². The van der Waals surface area contributed by atoms with Crippen LogP contribution in [0.15, 0.2) is 30.6 Å². The highest BCUT2D eigenvalue weighted by atomic mass is 31.2. The lowest BCUT2D eigenvalue weighted by molar-refractivity contribution is 0.579. The summed E-state index contributed by atoms with van der Waals surface area (Å²) in [5.41, 5.74) is 2.53. The minimum absolute atomic E-state index is 0.219. The van der Waals surface area contributed by atoms with Gasteiger partial charge in [0.2, 0.25) is 0 Å². The first kappa shape index (κ1) is 21.5. The van der Waals surface area contributed by atoms with E-state index in [0.29, 0.717) is 5.82 Å². The number of fused-ring (bicyclic) bond motifs is 1. The number of aromatic nitrogens is 4. The third-order valence-electron chi connectivity index (χ3n) is 5.11. The van der Waals surface area contributed by atoms with Crippen LogP contribution in [0, 0.1) is 0 Å². The van der Waals surface area contributed by atoms with Crippen molar-refractivity contribution in [3.63, 3.8) is 0 Å². The first-order chi connectivity index (χ1) is 13.9. The molecular formula is C22H32N5OP. The Bertz CT molecular complexity index is 1000. The Kier molecular flexibility index (Phi) is 6.74. The summed E-state index contributed by atoms with van der Waals surface area (Å²) in [6, 6.07) is 7.99. The smallest absolute Gasteiger partial charge is 0.165 e. The van der Waals surface area contributed by atoms with E-state index in [1.165, 1.54) is 0 Å². The van der Waals surface area contributed by atoms with Gasteiger partial charge in [0.15, 0.2) is 17.0 Å². The molecular weight excluding hydrogens is 381 g/mol. The first-order valence-corrected chi connectivity index (χ1v) is 12.7. The summed E-state index contributed by atoms with van der Waals surface area (Å²) in [6.07, 6.45) is 5.23. The number of nitrogens with one attached hydrogen (secondary N) is 1. The molecule has 29 heavy (non-hydrogen) atoms. The van der Waals surface area contributed by atoms with E-state index in [1.54, 1.807) is 0 Å². The number of imidazole rings is 1. The average molecular weight is 414 g/mol. The third-order valence-corrected chi connectivity index (χ3v) is 8.69. The Morgan fingerprint density at radius 2 is 1.69 bits per heavy atom. The molecule has 1 N–H and O–H groups in total. The number of aryl methyl sites for hydroxylation is 1. The topological polar surface area (TPSA) is 72.7 Å². The Balaban J connectivity index is 1.95. The van der Waals surface area contributed by atoms with E-state index in [1.807, 2.05) is 35.2 Å². The van der Waals surface area contributed by atoms with E-state index >= 15 is 0 Å². The van der Waals surface area contributed by atoms with Crippen LogP contribution in [-0.4, -0.2) is 31.8 Å². The fraction of sp³-hybridized carbons (Fsp3) is 0.500. The molecule has 0 aliphatic heterocycles. The quantitative estimate of drug-likeness (QED) is 0.468. The summed E-state index contributed by atoms with van der Waals surface area (Å²) >= 11 is 0. The molecule has 1 aromatic carbocycles. The zero-order valence-corrected chi connectivity index (χ0v) is 19.0. The van der Waals surface area contributed by atoms with E-state index in [9.17, 15) is 4.57 Å². The minimum atomic E-state index is -2.30. The van der Waals surface area contributed by atoms with Crippen LogP contribution in [0.1, 0.15) is 59.2 Å². The second kappa shape index (κ2) is 9.08. The summed E-state index contributed by atoms with van der Waals surface area (Å²) in [5.74, 6) is 1.72. The Morgan fingerprint density at radius 3 is 2.24 bits per heavy atom. The van der Waals surface area contributed by atoms with Gasteiger partial charge in [0.25, 0.3) is 0 Å². The van der Waals surface area contributed by atoms with Gasteiger partial charge in [-0.2, -0.15) is 0 Å². The summed E-state index contributed by atoms with van der Waals surface area (Å²) in [5, 5.41) is 4.38. The third kappa shape index (κ3) is 4.53. The van der Waals surface area contributed by atoms with Crippen molar-refractivity contribution in [1.29, 1.82) is 0 Å². The van der Waals surface area contributed by atoms with Crippen LogP contribution in [0.25, 0.3) is 11.2 Å². The van der Waals surface area contributed by atoms with E-state index in [4.69, 9.17) is 9.97 Å². The summed E-state index contributed by atoms with van der Waals surface area (Å²) in [6.45, 7) is 11.3. The van der Waals surface area contributed by atoms with Gasteiger partial charge in [0, 0.05) is 35.8 Å². The van der Waals surface area contributed by atoms with Crippen molar-refractivity contribution >= 4 is 35.1 Å². The highest BCUT2D eigenvalue weighted by Gasteiger charge is 2.22. The summed E-state index contributed by atoms with van der Waals surface area (Å²) < 4.78 is 15.4. The highest BCUT2D eigenvalue weighted by Crippen LogP contribution is 2.45. The Labute approximate surface area is 173 Å².